The van der Waals surface area contributed by atoms with E-state index in [-0.39, 0.29) is 36.4 Å². The van der Waals surface area contributed by atoms with Gasteiger partial charge in [0.05, 0.1) is 20.3 Å². The number of para-hydroxylation sites is 1. The highest BCUT2D eigenvalue weighted by Gasteiger charge is 2.10. The Labute approximate surface area is 191 Å². The van der Waals surface area contributed by atoms with Gasteiger partial charge in [-0.15, -0.1) is 24.0 Å². The van der Waals surface area contributed by atoms with E-state index in [0.29, 0.717) is 12.5 Å². The van der Waals surface area contributed by atoms with Gasteiger partial charge in [-0.25, -0.2) is 4.99 Å². The number of guanidine groups is 1. The summed E-state index contributed by atoms with van der Waals surface area (Å²) in [5.74, 6) is 1.50. The quantitative estimate of drug-likeness (QED) is 0.286. The van der Waals surface area contributed by atoms with Crippen LogP contribution in [-0.4, -0.2) is 95.4 Å². The average Bonchev–Trinajstić information content (AvgIpc) is 2.72. The van der Waals surface area contributed by atoms with Crippen molar-refractivity contribution in [3.63, 3.8) is 0 Å². The summed E-state index contributed by atoms with van der Waals surface area (Å²) in [4.78, 5) is 20.2. The number of carbonyl (C=O) groups excluding carboxylic acids is 1. The van der Waals surface area contributed by atoms with E-state index in [9.17, 15) is 4.79 Å². The average molecular weight is 519 g/mol. The van der Waals surface area contributed by atoms with Gasteiger partial charge in [-0.1, -0.05) is 18.2 Å². The van der Waals surface area contributed by atoms with Gasteiger partial charge in [0, 0.05) is 46.8 Å². The van der Waals surface area contributed by atoms with Crippen molar-refractivity contribution in [3.05, 3.63) is 29.8 Å². The Balaban J connectivity index is 0.00000420. The van der Waals surface area contributed by atoms with E-state index in [1.165, 1.54) is 0 Å². The Hall–Kier alpha value is -1.59. The van der Waals surface area contributed by atoms with Gasteiger partial charge in [0.25, 0.3) is 0 Å². The Morgan fingerprint density at radius 1 is 1.21 bits per heavy atom. The first-order chi connectivity index (χ1) is 13.6. The van der Waals surface area contributed by atoms with Crippen LogP contribution in [0.3, 0.4) is 0 Å². The molecule has 0 aliphatic carbocycles. The maximum absolute atomic E-state index is 11.9. The highest BCUT2D eigenvalue weighted by Crippen LogP contribution is 2.17. The number of hydrogen-bond donors (Lipinski definition) is 2. The zero-order chi connectivity index (χ0) is 20.2. The molecule has 1 aromatic rings. The number of rotatable bonds is 9. The predicted molar refractivity (Wildman–Crippen MR) is 126 cm³/mol. The zero-order valence-corrected chi connectivity index (χ0v) is 20.0. The van der Waals surface area contributed by atoms with E-state index in [1.54, 1.807) is 26.1 Å². The molecule has 0 saturated carbocycles. The number of hydrogen-bond acceptors (Lipinski definition) is 5. The molecule has 0 aromatic heterocycles. The SMILES string of the molecule is COc1ccccc1CCNC(=NCC(=O)N(C)C)NCCN1CCOCC1.I. The number of ether oxygens (including phenoxy) is 2. The van der Waals surface area contributed by atoms with Crippen LogP contribution in [0.4, 0.5) is 0 Å². The second-order valence-corrected chi connectivity index (χ2v) is 6.82. The maximum atomic E-state index is 11.9. The minimum atomic E-state index is -0.0287. The molecule has 2 N–H and O–H groups in total. The molecule has 164 valence electrons. The summed E-state index contributed by atoms with van der Waals surface area (Å²) in [6.07, 6.45) is 0.801. The largest absolute Gasteiger partial charge is 0.496 e. The van der Waals surface area contributed by atoms with Crippen molar-refractivity contribution in [1.29, 1.82) is 0 Å². The molecule has 1 saturated heterocycles. The fraction of sp³-hybridized carbons (Fsp3) is 0.600. The molecule has 1 fully saturated rings. The second kappa shape index (κ2) is 14.4. The molecule has 1 aromatic carbocycles. The molecule has 8 nitrogen and oxygen atoms in total. The van der Waals surface area contributed by atoms with Gasteiger partial charge < -0.3 is 25.0 Å². The molecule has 0 bridgehead atoms. The molecule has 1 aliphatic heterocycles. The van der Waals surface area contributed by atoms with E-state index >= 15 is 0 Å². The molecule has 1 amide bonds. The van der Waals surface area contributed by atoms with Crippen molar-refractivity contribution in [3.8, 4) is 5.75 Å². The Morgan fingerprint density at radius 2 is 1.90 bits per heavy atom. The molecule has 2 rings (SSSR count). The third kappa shape index (κ3) is 9.64. The molecular weight excluding hydrogens is 485 g/mol. The molecule has 9 heteroatoms. The van der Waals surface area contributed by atoms with E-state index in [1.807, 2.05) is 18.2 Å². The lowest BCUT2D eigenvalue weighted by Crippen LogP contribution is -2.45. The molecule has 0 unspecified atom stereocenters. The molecular formula is C20H34IN5O3. The van der Waals surface area contributed by atoms with Crippen molar-refractivity contribution in [1.82, 2.24) is 20.4 Å². The number of morpholine rings is 1. The first-order valence-electron chi connectivity index (χ1n) is 9.74. The van der Waals surface area contributed by atoms with E-state index in [4.69, 9.17) is 9.47 Å². The Kier molecular flexibility index (Phi) is 12.6. The van der Waals surface area contributed by atoms with Crippen molar-refractivity contribution in [2.45, 2.75) is 6.42 Å². The molecule has 0 spiro atoms. The van der Waals surface area contributed by atoms with E-state index < -0.39 is 0 Å². The Morgan fingerprint density at radius 3 is 2.59 bits per heavy atom. The summed E-state index contributed by atoms with van der Waals surface area (Å²) in [5, 5.41) is 6.65. The smallest absolute Gasteiger partial charge is 0.243 e. The van der Waals surface area contributed by atoms with Crippen LogP contribution in [0.1, 0.15) is 5.56 Å². The normalized spacial score (nSPS) is 14.7. The fourth-order valence-corrected chi connectivity index (χ4v) is 2.84. The summed E-state index contributed by atoms with van der Waals surface area (Å²) in [6, 6.07) is 7.98. The number of benzene rings is 1. The number of methoxy groups -OCH3 is 1. The highest BCUT2D eigenvalue weighted by atomic mass is 127. The third-order valence-electron chi connectivity index (χ3n) is 4.57. The first kappa shape index (κ1) is 25.4. The molecule has 1 aliphatic rings. The van der Waals surface area contributed by atoms with Gasteiger partial charge in [-0.2, -0.15) is 0 Å². The van der Waals surface area contributed by atoms with E-state index in [2.05, 4.69) is 26.6 Å². The summed E-state index contributed by atoms with van der Waals surface area (Å²) in [5.41, 5.74) is 1.13. The number of aliphatic imine (C=N–C) groups is 1. The van der Waals surface area contributed by atoms with Crippen molar-refractivity contribution in [2.75, 3.05) is 73.7 Å². The first-order valence-corrected chi connectivity index (χ1v) is 9.74. The number of likely N-dealkylation sites (N-methyl/N-ethyl adjacent to an activating group) is 1. The van der Waals surface area contributed by atoms with Crippen LogP contribution in [0, 0.1) is 0 Å². The number of nitrogens with zero attached hydrogens (tertiary/aromatic N) is 3. The van der Waals surface area contributed by atoms with Crippen molar-refractivity contribution < 1.29 is 14.3 Å². The third-order valence-corrected chi connectivity index (χ3v) is 4.57. The van der Waals surface area contributed by atoms with Crippen LogP contribution < -0.4 is 15.4 Å². The number of halogens is 1. The van der Waals surface area contributed by atoms with Gasteiger partial charge in [0.1, 0.15) is 12.3 Å². The predicted octanol–water partition coefficient (Wildman–Crippen LogP) is 0.811. The molecule has 29 heavy (non-hydrogen) atoms. The minimum absolute atomic E-state index is 0. The topological polar surface area (TPSA) is 78.4 Å². The minimum Gasteiger partial charge on any atom is -0.496 e. The van der Waals surface area contributed by atoms with Gasteiger partial charge in [-0.05, 0) is 18.1 Å². The fourth-order valence-electron chi connectivity index (χ4n) is 2.84. The van der Waals surface area contributed by atoms with Crippen LogP contribution in [-0.2, 0) is 16.0 Å². The Bertz CT molecular complexity index is 636. The lowest BCUT2D eigenvalue weighted by atomic mass is 10.1. The van der Waals surface area contributed by atoms with Crippen LogP contribution in [0.15, 0.2) is 29.3 Å². The van der Waals surface area contributed by atoms with Crippen molar-refractivity contribution >= 4 is 35.8 Å². The summed E-state index contributed by atoms with van der Waals surface area (Å²) < 4.78 is 10.8. The van der Waals surface area contributed by atoms with Crippen LogP contribution in [0.2, 0.25) is 0 Å². The molecule has 1 heterocycles. The zero-order valence-electron chi connectivity index (χ0n) is 17.6. The number of nitrogens with one attached hydrogen (secondary N) is 2. The monoisotopic (exact) mass is 519 g/mol. The van der Waals surface area contributed by atoms with E-state index in [0.717, 1.165) is 57.1 Å². The van der Waals surface area contributed by atoms with Crippen LogP contribution in [0.25, 0.3) is 0 Å². The number of carbonyl (C=O) groups is 1. The number of amides is 1. The second-order valence-electron chi connectivity index (χ2n) is 6.82. The summed E-state index contributed by atoms with van der Waals surface area (Å²) in [6.45, 7) is 5.97. The van der Waals surface area contributed by atoms with Gasteiger partial charge >= 0.3 is 0 Å². The lowest BCUT2D eigenvalue weighted by molar-refractivity contribution is -0.127. The highest BCUT2D eigenvalue weighted by molar-refractivity contribution is 14.0. The van der Waals surface area contributed by atoms with Crippen LogP contribution in [0.5, 0.6) is 5.75 Å². The van der Waals surface area contributed by atoms with Crippen LogP contribution >= 0.6 is 24.0 Å². The van der Waals surface area contributed by atoms with Gasteiger partial charge in [0.2, 0.25) is 5.91 Å². The molecule has 0 atom stereocenters. The summed E-state index contributed by atoms with van der Waals surface area (Å²) in [7, 11) is 5.15. The standard InChI is InChI=1S/C20H33N5O3.HI/c1-24(2)19(26)16-23-20(22-10-11-25-12-14-28-15-13-25)21-9-8-17-6-4-5-7-18(17)27-3;/h4-7H,8-16H2,1-3H3,(H2,21,22,23);1H. The summed E-state index contributed by atoms with van der Waals surface area (Å²) >= 11 is 0. The maximum Gasteiger partial charge on any atom is 0.243 e. The van der Waals surface area contributed by atoms with Crippen molar-refractivity contribution in [2.24, 2.45) is 4.99 Å². The van der Waals surface area contributed by atoms with Gasteiger partial charge in [-0.3, -0.25) is 9.69 Å². The van der Waals surface area contributed by atoms with Gasteiger partial charge in [0.15, 0.2) is 5.96 Å². The lowest BCUT2D eigenvalue weighted by Gasteiger charge is -2.26. The molecule has 0 radical (unpaired) electrons.